The first-order chi connectivity index (χ1) is 15.8. The minimum atomic E-state index is -4.58. The number of imidazole rings is 1. The molecule has 0 aliphatic rings. The van der Waals surface area contributed by atoms with Crippen LogP contribution in [0.25, 0.3) is 21.9 Å². The average molecular weight is 470 g/mol. The summed E-state index contributed by atoms with van der Waals surface area (Å²) in [4.78, 5) is 27.0. The van der Waals surface area contributed by atoms with E-state index in [1.165, 1.54) is 0 Å². The number of hydrogen-bond acceptors (Lipinski definition) is 6. The molecule has 174 valence electrons. The number of hydrogen-bond donors (Lipinski definition) is 3. The van der Waals surface area contributed by atoms with Crippen LogP contribution >= 0.6 is 7.82 Å². The van der Waals surface area contributed by atoms with E-state index in [1.807, 2.05) is 43.3 Å². The molecular formula is C23H27N4O5P. The van der Waals surface area contributed by atoms with Crippen molar-refractivity contribution in [2.45, 2.75) is 39.7 Å². The van der Waals surface area contributed by atoms with E-state index in [1.54, 1.807) is 6.07 Å². The summed E-state index contributed by atoms with van der Waals surface area (Å²) in [6, 6.07) is 13.6. The largest absolute Gasteiger partial charge is 0.472 e. The Morgan fingerprint density at radius 3 is 2.67 bits per heavy atom. The van der Waals surface area contributed by atoms with Crippen LogP contribution in [0.3, 0.4) is 0 Å². The van der Waals surface area contributed by atoms with Crippen LogP contribution in [0.2, 0.25) is 0 Å². The van der Waals surface area contributed by atoms with Crippen molar-refractivity contribution in [1.82, 2.24) is 14.5 Å². The third-order valence-electron chi connectivity index (χ3n) is 5.46. The fraction of sp³-hybridized carbons (Fsp3) is 0.304. The molecule has 4 N–H and O–H groups in total. The molecule has 0 aliphatic heterocycles. The van der Waals surface area contributed by atoms with Crippen LogP contribution in [0.5, 0.6) is 5.75 Å². The fourth-order valence-electron chi connectivity index (χ4n) is 3.91. The molecule has 4 rings (SSSR count). The highest BCUT2D eigenvalue weighted by molar-refractivity contribution is 7.46. The van der Waals surface area contributed by atoms with Crippen molar-refractivity contribution in [3.8, 4) is 5.75 Å². The molecule has 10 heteroatoms. The highest BCUT2D eigenvalue weighted by Gasteiger charge is 2.18. The van der Waals surface area contributed by atoms with Gasteiger partial charge in [0.1, 0.15) is 17.1 Å². The van der Waals surface area contributed by atoms with Gasteiger partial charge in [-0.1, -0.05) is 43.7 Å². The number of nitrogens with two attached hydrogens (primary N) is 1. The van der Waals surface area contributed by atoms with Crippen LogP contribution in [0, 0.1) is 6.92 Å². The lowest BCUT2D eigenvalue weighted by Crippen LogP contribution is -2.07. The van der Waals surface area contributed by atoms with E-state index in [2.05, 4.69) is 21.0 Å². The molecule has 0 aliphatic carbocycles. The van der Waals surface area contributed by atoms with Gasteiger partial charge in [-0.25, -0.2) is 19.1 Å². The predicted octanol–water partition coefficient (Wildman–Crippen LogP) is 4.31. The van der Waals surface area contributed by atoms with Crippen LogP contribution in [0.15, 0.2) is 42.5 Å². The van der Waals surface area contributed by atoms with E-state index < -0.39 is 14.6 Å². The summed E-state index contributed by atoms with van der Waals surface area (Å²) < 4.78 is 22.8. The number of ether oxygens (including phenoxy) is 1. The maximum absolute atomic E-state index is 10.8. The lowest BCUT2D eigenvalue weighted by Gasteiger charge is -2.14. The predicted molar refractivity (Wildman–Crippen MR) is 127 cm³/mol. The SMILES string of the molecule is CCCCc1nc2c(N)nc3ccccc3c2n1Cc1ccc(OCOP(=O)(O)O)c(C)c1. The lowest BCUT2D eigenvalue weighted by molar-refractivity contribution is 0.0823. The first-order valence-electron chi connectivity index (χ1n) is 10.7. The number of aryl methyl sites for hydroxylation is 2. The van der Waals surface area contributed by atoms with Gasteiger partial charge in [-0.15, -0.1) is 0 Å². The van der Waals surface area contributed by atoms with Gasteiger partial charge in [0, 0.05) is 18.4 Å². The number of unbranched alkanes of at least 4 members (excludes halogenated alkanes) is 1. The molecule has 0 saturated heterocycles. The van der Waals surface area contributed by atoms with Crippen LogP contribution in [-0.2, 0) is 22.1 Å². The zero-order valence-electron chi connectivity index (χ0n) is 18.6. The van der Waals surface area contributed by atoms with Crippen molar-refractivity contribution in [3.63, 3.8) is 0 Å². The van der Waals surface area contributed by atoms with E-state index in [0.717, 1.165) is 52.6 Å². The van der Waals surface area contributed by atoms with Crippen molar-refractivity contribution in [1.29, 1.82) is 0 Å². The Hall–Kier alpha value is -2.97. The van der Waals surface area contributed by atoms with E-state index in [9.17, 15) is 4.57 Å². The van der Waals surface area contributed by atoms with Gasteiger partial charge < -0.3 is 24.8 Å². The molecule has 0 atom stereocenters. The minimum absolute atomic E-state index is 0.421. The third-order valence-corrected chi connectivity index (χ3v) is 5.90. The van der Waals surface area contributed by atoms with E-state index in [-0.39, 0.29) is 0 Å². The van der Waals surface area contributed by atoms with Crippen molar-refractivity contribution in [3.05, 3.63) is 59.4 Å². The third kappa shape index (κ3) is 5.17. The molecule has 33 heavy (non-hydrogen) atoms. The van der Waals surface area contributed by atoms with Gasteiger partial charge in [-0.05, 0) is 36.6 Å². The highest BCUT2D eigenvalue weighted by Crippen LogP contribution is 2.36. The second kappa shape index (κ2) is 9.49. The van der Waals surface area contributed by atoms with Crippen molar-refractivity contribution in [2.75, 3.05) is 12.5 Å². The van der Waals surface area contributed by atoms with E-state index >= 15 is 0 Å². The second-order valence-electron chi connectivity index (χ2n) is 7.91. The Balaban J connectivity index is 1.71. The summed E-state index contributed by atoms with van der Waals surface area (Å²) in [7, 11) is -4.58. The molecule has 0 radical (unpaired) electrons. The summed E-state index contributed by atoms with van der Waals surface area (Å²) in [6.07, 6.45) is 2.90. The molecule has 4 aromatic rings. The number of phosphoric ester groups is 1. The van der Waals surface area contributed by atoms with Crippen LogP contribution in [0.1, 0.15) is 36.7 Å². The maximum Gasteiger partial charge on any atom is 0.472 e. The van der Waals surface area contributed by atoms with Gasteiger partial charge in [0.2, 0.25) is 0 Å². The molecule has 0 amide bonds. The molecule has 0 fully saturated rings. The summed E-state index contributed by atoms with van der Waals surface area (Å²) in [5, 5.41) is 1.00. The Bertz CT molecular complexity index is 1350. The molecule has 0 bridgehead atoms. The minimum Gasteiger partial charge on any atom is -0.467 e. The van der Waals surface area contributed by atoms with E-state index in [4.69, 9.17) is 25.2 Å². The van der Waals surface area contributed by atoms with Gasteiger partial charge >= 0.3 is 7.82 Å². The van der Waals surface area contributed by atoms with Crippen molar-refractivity contribution < 1.29 is 23.6 Å². The molecule has 0 spiro atoms. The number of rotatable bonds is 9. The van der Waals surface area contributed by atoms with Gasteiger partial charge in [0.05, 0.1) is 11.0 Å². The first-order valence-corrected chi connectivity index (χ1v) is 12.3. The Morgan fingerprint density at radius 2 is 1.94 bits per heavy atom. The number of aromatic nitrogens is 3. The number of benzene rings is 2. The summed E-state index contributed by atoms with van der Waals surface area (Å²) in [6.45, 7) is 4.08. The van der Waals surface area contributed by atoms with Crippen molar-refractivity contribution >= 4 is 35.6 Å². The molecule has 0 saturated carbocycles. The Kier molecular flexibility index (Phi) is 6.67. The Morgan fingerprint density at radius 1 is 1.15 bits per heavy atom. The molecule has 2 heterocycles. The monoisotopic (exact) mass is 470 g/mol. The fourth-order valence-corrected chi connectivity index (χ4v) is 4.10. The highest BCUT2D eigenvalue weighted by atomic mass is 31.2. The molecular weight excluding hydrogens is 443 g/mol. The van der Waals surface area contributed by atoms with Gasteiger partial charge in [0.15, 0.2) is 12.6 Å². The molecule has 2 aromatic heterocycles. The first kappa shape index (κ1) is 23.2. The number of nitrogen functional groups attached to an aromatic ring is 1. The molecule has 9 nitrogen and oxygen atoms in total. The zero-order valence-corrected chi connectivity index (χ0v) is 19.5. The van der Waals surface area contributed by atoms with E-state index in [0.29, 0.717) is 23.6 Å². The topological polar surface area (TPSA) is 133 Å². The number of nitrogens with zero attached hydrogens (tertiary/aromatic N) is 3. The van der Waals surface area contributed by atoms with Crippen molar-refractivity contribution in [2.24, 2.45) is 0 Å². The van der Waals surface area contributed by atoms with Gasteiger partial charge in [-0.2, -0.15) is 0 Å². The average Bonchev–Trinajstić information content (AvgIpc) is 3.12. The molecule has 2 aromatic carbocycles. The summed E-state index contributed by atoms with van der Waals surface area (Å²) in [5.41, 5.74) is 10.7. The maximum atomic E-state index is 10.8. The standard InChI is InChI=1S/C23H27N4O5P/c1-3-4-9-20-26-21-22(17-7-5-6-8-18(17)25-23(21)24)27(20)13-16-10-11-19(15(2)12-16)31-14-32-33(28,29)30/h5-8,10-12H,3-4,9,13-14H2,1-2H3,(H2,24,25)(H2,28,29,30). The van der Waals surface area contributed by atoms with Crippen LogP contribution < -0.4 is 10.5 Å². The number of phosphoric acid groups is 1. The smallest absolute Gasteiger partial charge is 0.467 e. The quantitative estimate of drug-likeness (QED) is 0.243. The molecule has 0 unspecified atom stereocenters. The van der Waals surface area contributed by atoms with Crippen LogP contribution in [0.4, 0.5) is 5.82 Å². The Labute approximate surface area is 191 Å². The normalized spacial score (nSPS) is 12.0. The second-order valence-corrected chi connectivity index (χ2v) is 9.15. The van der Waals surface area contributed by atoms with Crippen LogP contribution in [-0.4, -0.2) is 31.1 Å². The number of anilines is 1. The lowest BCUT2D eigenvalue weighted by atomic mass is 10.1. The van der Waals surface area contributed by atoms with Gasteiger partial charge in [0.25, 0.3) is 0 Å². The number of pyridine rings is 1. The van der Waals surface area contributed by atoms with Gasteiger partial charge in [-0.3, -0.25) is 0 Å². The summed E-state index contributed by atoms with van der Waals surface area (Å²) >= 11 is 0. The number of para-hydroxylation sites is 1. The zero-order chi connectivity index (χ0) is 23.6. The number of fused-ring (bicyclic) bond motifs is 3. The summed E-state index contributed by atoms with van der Waals surface area (Å²) in [5.74, 6) is 1.88.